The van der Waals surface area contributed by atoms with Crippen molar-refractivity contribution in [3.8, 4) is 5.75 Å². The van der Waals surface area contributed by atoms with E-state index in [9.17, 15) is 9.18 Å². The van der Waals surface area contributed by atoms with Crippen molar-refractivity contribution < 1.29 is 18.7 Å². The second-order valence-electron chi connectivity index (χ2n) is 3.89. The number of amides is 1. The number of ether oxygens (including phenoxy) is 2. The molecule has 0 radical (unpaired) electrons. The van der Waals surface area contributed by atoms with Crippen molar-refractivity contribution >= 4 is 11.6 Å². The summed E-state index contributed by atoms with van der Waals surface area (Å²) in [5.74, 6) is -0.452. The molecular formula is C12H17FN2O3. The summed E-state index contributed by atoms with van der Waals surface area (Å²) in [6.07, 6.45) is 0. The number of nitrogens with one attached hydrogen (secondary N) is 1. The molecule has 18 heavy (non-hydrogen) atoms. The fraction of sp³-hybridized carbons (Fsp3) is 0.417. The summed E-state index contributed by atoms with van der Waals surface area (Å²) in [6, 6.07) is 3.64. The van der Waals surface area contributed by atoms with Crippen molar-refractivity contribution in [3.63, 3.8) is 0 Å². The molecule has 0 aromatic heterocycles. The van der Waals surface area contributed by atoms with Crippen molar-refractivity contribution in [1.82, 2.24) is 5.32 Å². The van der Waals surface area contributed by atoms with Gasteiger partial charge in [0.2, 0.25) is 0 Å². The summed E-state index contributed by atoms with van der Waals surface area (Å²) in [4.78, 5) is 11.5. The average molecular weight is 256 g/mol. The quantitative estimate of drug-likeness (QED) is 0.743. The number of anilines is 1. The normalized spacial score (nSPS) is 11.9. The third-order valence-corrected chi connectivity index (χ3v) is 2.15. The smallest absolute Gasteiger partial charge is 0.258 e. The van der Waals surface area contributed by atoms with Crippen LogP contribution in [-0.4, -0.2) is 32.3 Å². The topological polar surface area (TPSA) is 73.6 Å². The monoisotopic (exact) mass is 256 g/mol. The molecule has 0 aliphatic rings. The number of rotatable bonds is 6. The number of methoxy groups -OCH3 is 1. The van der Waals surface area contributed by atoms with Gasteiger partial charge in [0, 0.05) is 19.2 Å². The molecule has 3 N–H and O–H groups in total. The molecule has 100 valence electrons. The molecule has 0 bridgehead atoms. The Morgan fingerprint density at radius 1 is 1.56 bits per heavy atom. The zero-order valence-electron chi connectivity index (χ0n) is 10.4. The second kappa shape index (κ2) is 6.80. The highest BCUT2D eigenvalue weighted by atomic mass is 19.1. The molecule has 5 nitrogen and oxygen atoms in total. The lowest BCUT2D eigenvalue weighted by Gasteiger charge is -2.13. The molecule has 0 spiro atoms. The van der Waals surface area contributed by atoms with Crippen LogP contribution in [0.1, 0.15) is 6.92 Å². The molecule has 1 rings (SSSR count). The lowest BCUT2D eigenvalue weighted by atomic mass is 10.3. The standard InChI is InChI=1S/C12H17FN2O3/c1-8(6-17-2)15-12(16)7-18-11-4-3-9(13)5-10(11)14/h3-5,8H,6-7,14H2,1-2H3,(H,15,16). The van der Waals surface area contributed by atoms with E-state index in [2.05, 4.69) is 5.32 Å². The molecular weight excluding hydrogens is 239 g/mol. The van der Waals surface area contributed by atoms with E-state index in [4.69, 9.17) is 15.2 Å². The van der Waals surface area contributed by atoms with Crippen LogP contribution in [0.3, 0.4) is 0 Å². The maximum atomic E-state index is 12.8. The van der Waals surface area contributed by atoms with Gasteiger partial charge in [0.1, 0.15) is 11.6 Å². The van der Waals surface area contributed by atoms with Gasteiger partial charge in [-0.1, -0.05) is 0 Å². The van der Waals surface area contributed by atoms with E-state index >= 15 is 0 Å². The van der Waals surface area contributed by atoms with Gasteiger partial charge in [0.05, 0.1) is 12.3 Å². The Morgan fingerprint density at radius 3 is 2.89 bits per heavy atom. The largest absolute Gasteiger partial charge is 0.482 e. The molecule has 0 saturated carbocycles. The highest BCUT2D eigenvalue weighted by Crippen LogP contribution is 2.21. The Bertz CT molecular complexity index is 412. The predicted molar refractivity (Wildman–Crippen MR) is 65.8 cm³/mol. The summed E-state index contributed by atoms with van der Waals surface area (Å²) in [6.45, 7) is 2.06. The Labute approximate surface area is 105 Å². The van der Waals surface area contributed by atoms with Crippen LogP contribution < -0.4 is 15.8 Å². The van der Waals surface area contributed by atoms with Gasteiger partial charge in [-0.15, -0.1) is 0 Å². The minimum absolute atomic E-state index is 0.100. The zero-order valence-corrected chi connectivity index (χ0v) is 10.4. The molecule has 6 heteroatoms. The van der Waals surface area contributed by atoms with Gasteiger partial charge in [-0.3, -0.25) is 4.79 Å². The van der Waals surface area contributed by atoms with Gasteiger partial charge in [-0.2, -0.15) is 0 Å². The van der Waals surface area contributed by atoms with E-state index in [1.54, 1.807) is 7.11 Å². The van der Waals surface area contributed by atoms with Crippen LogP contribution in [0.5, 0.6) is 5.75 Å². The number of carbonyl (C=O) groups is 1. The molecule has 1 unspecified atom stereocenters. The van der Waals surface area contributed by atoms with Crippen LogP contribution in [0.25, 0.3) is 0 Å². The minimum Gasteiger partial charge on any atom is -0.482 e. The lowest BCUT2D eigenvalue weighted by molar-refractivity contribution is -0.124. The first-order chi connectivity index (χ1) is 8.52. The first-order valence-electron chi connectivity index (χ1n) is 5.49. The third-order valence-electron chi connectivity index (χ3n) is 2.15. The van der Waals surface area contributed by atoms with Crippen LogP contribution in [0, 0.1) is 5.82 Å². The summed E-state index contributed by atoms with van der Waals surface area (Å²) >= 11 is 0. The molecule has 0 saturated heterocycles. The first-order valence-corrected chi connectivity index (χ1v) is 5.49. The summed E-state index contributed by atoms with van der Waals surface area (Å²) in [7, 11) is 1.55. The molecule has 0 aliphatic heterocycles. The van der Waals surface area contributed by atoms with E-state index in [0.717, 1.165) is 6.07 Å². The number of nitrogens with two attached hydrogens (primary N) is 1. The van der Waals surface area contributed by atoms with E-state index in [1.165, 1.54) is 12.1 Å². The van der Waals surface area contributed by atoms with E-state index in [-0.39, 0.29) is 30.0 Å². The van der Waals surface area contributed by atoms with Crippen molar-refractivity contribution in [1.29, 1.82) is 0 Å². The third kappa shape index (κ3) is 4.58. The van der Waals surface area contributed by atoms with Crippen LogP contribution in [0.4, 0.5) is 10.1 Å². The molecule has 1 aromatic carbocycles. The SMILES string of the molecule is COCC(C)NC(=O)COc1ccc(F)cc1N. The summed E-state index contributed by atoms with van der Waals surface area (Å²) in [5.41, 5.74) is 5.70. The van der Waals surface area contributed by atoms with Crippen LogP contribution >= 0.6 is 0 Å². The Balaban J connectivity index is 2.42. The van der Waals surface area contributed by atoms with Crippen LogP contribution in [0.15, 0.2) is 18.2 Å². The maximum Gasteiger partial charge on any atom is 0.258 e. The molecule has 0 aliphatic carbocycles. The fourth-order valence-electron chi connectivity index (χ4n) is 1.40. The van der Waals surface area contributed by atoms with Gasteiger partial charge in [0.15, 0.2) is 6.61 Å². The maximum absolute atomic E-state index is 12.8. The van der Waals surface area contributed by atoms with Gasteiger partial charge < -0.3 is 20.5 Å². The van der Waals surface area contributed by atoms with Crippen molar-refractivity contribution in [3.05, 3.63) is 24.0 Å². The minimum atomic E-state index is -0.446. The van der Waals surface area contributed by atoms with Gasteiger partial charge >= 0.3 is 0 Å². The Kier molecular flexibility index (Phi) is 5.38. The van der Waals surface area contributed by atoms with E-state index < -0.39 is 5.82 Å². The number of carbonyl (C=O) groups excluding carboxylic acids is 1. The first kappa shape index (κ1) is 14.2. The van der Waals surface area contributed by atoms with Gasteiger partial charge in [-0.25, -0.2) is 4.39 Å². The van der Waals surface area contributed by atoms with Crippen molar-refractivity contribution in [2.45, 2.75) is 13.0 Å². The predicted octanol–water partition coefficient (Wildman–Crippen LogP) is 0.938. The fourth-order valence-corrected chi connectivity index (χ4v) is 1.40. The molecule has 0 fully saturated rings. The number of halogens is 1. The zero-order chi connectivity index (χ0) is 13.5. The Morgan fingerprint density at radius 2 is 2.28 bits per heavy atom. The number of hydrogen-bond donors (Lipinski definition) is 2. The molecule has 1 amide bonds. The number of benzene rings is 1. The second-order valence-corrected chi connectivity index (χ2v) is 3.89. The van der Waals surface area contributed by atoms with Gasteiger partial charge in [0.25, 0.3) is 5.91 Å². The lowest BCUT2D eigenvalue weighted by Crippen LogP contribution is -2.38. The van der Waals surface area contributed by atoms with E-state index in [0.29, 0.717) is 6.61 Å². The Hall–Kier alpha value is -1.82. The summed E-state index contributed by atoms with van der Waals surface area (Å²) < 4.78 is 22.8. The van der Waals surface area contributed by atoms with Gasteiger partial charge in [-0.05, 0) is 19.1 Å². The van der Waals surface area contributed by atoms with Crippen LogP contribution in [-0.2, 0) is 9.53 Å². The molecule has 1 atom stereocenters. The highest BCUT2D eigenvalue weighted by Gasteiger charge is 2.09. The van der Waals surface area contributed by atoms with Crippen molar-refractivity contribution in [2.24, 2.45) is 0 Å². The number of nitrogen functional groups attached to an aromatic ring is 1. The average Bonchev–Trinajstić information content (AvgIpc) is 2.28. The molecule has 0 heterocycles. The van der Waals surface area contributed by atoms with Crippen LogP contribution in [0.2, 0.25) is 0 Å². The summed E-state index contributed by atoms with van der Waals surface area (Å²) in [5, 5.41) is 2.68. The van der Waals surface area contributed by atoms with Crippen molar-refractivity contribution in [2.75, 3.05) is 26.1 Å². The highest BCUT2D eigenvalue weighted by molar-refractivity contribution is 5.78. The number of hydrogen-bond acceptors (Lipinski definition) is 4. The van der Waals surface area contributed by atoms with E-state index in [1.807, 2.05) is 6.92 Å². The molecule has 1 aromatic rings.